The maximum Gasteiger partial charge on any atom is 0.326 e. The molecule has 0 saturated heterocycles. The number of fused-ring (bicyclic) bond motifs is 1. The molecular formula is C26H39N5O5S. The van der Waals surface area contributed by atoms with Crippen LogP contribution in [0.2, 0.25) is 0 Å². The number of nitrogens with one attached hydrogen (secondary N) is 4. The number of rotatable bonds is 14. The Morgan fingerprint density at radius 3 is 2.19 bits per heavy atom. The largest absolute Gasteiger partial charge is 0.480 e. The van der Waals surface area contributed by atoms with E-state index in [2.05, 4.69) is 20.9 Å². The van der Waals surface area contributed by atoms with Gasteiger partial charge in [0.25, 0.3) is 0 Å². The van der Waals surface area contributed by atoms with E-state index in [1.165, 1.54) is 11.8 Å². The number of aliphatic carboxylic acids is 1. The second-order valence-electron chi connectivity index (χ2n) is 9.81. The van der Waals surface area contributed by atoms with Gasteiger partial charge in [0.05, 0.1) is 6.04 Å². The molecule has 4 atom stereocenters. The van der Waals surface area contributed by atoms with E-state index in [9.17, 15) is 24.3 Å². The molecule has 0 radical (unpaired) electrons. The number of H-pyrrole nitrogens is 1. The fraction of sp³-hybridized carbons (Fsp3) is 0.538. The lowest BCUT2D eigenvalue weighted by molar-refractivity contribution is -0.142. The number of carbonyl (C=O) groups is 4. The second kappa shape index (κ2) is 14.0. The molecule has 0 bridgehead atoms. The molecule has 204 valence electrons. The third-order valence-corrected chi connectivity index (χ3v) is 6.87. The first-order valence-corrected chi connectivity index (χ1v) is 13.8. The maximum atomic E-state index is 13.2. The van der Waals surface area contributed by atoms with Crippen LogP contribution in [0.15, 0.2) is 30.5 Å². The molecule has 3 amide bonds. The van der Waals surface area contributed by atoms with Crippen molar-refractivity contribution in [3.63, 3.8) is 0 Å². The van der Waals surface area contributed by atoms with Gasteiger partial charge < -0.3 is 31.8 Å². The third kappa shape index (κ3) is 8.50. The number of hydrogen-bond donors (Lipinski definition) is 6. The van der Waals surface area contributed by atoms with Gasteiger partial charge in [-0.05, 0) is 41.9 Å². The van der Waals surface area contributed by atoms with Crippen LogP contribution < -0.4 is 21.7 Å². The number of carboxylic acids is 1. The molecule has 1 heterocycles. The molecule has 7 N–H and O–H groups in total. The monoisotopic (exact) mass is 533 g/mol. The van der Waals surface area contributed by atoms with Crippen molar-refractivity contribution in [3.05, 3.63) is 36.0 Å². The van der Waals surface area contributed by atoms with Gasteiger partial charge in [0.2, 0.25) is 17.7 Å². The molecule has 2 aromatic rings. The van der Waals surface area contributed by atoms with Gasteiger partial charge in [0.15, 0.2) is 0 Å². The molecule has 0 saturated carbocycles. The standard InChI is InChI=1S/C26H39N5O5S/c1-14(2)21(27)24(33)31-22(15(3)4)25(34)29-19(10-11-37-5)23(32)30-20(26(35)36)12-16-13-28-18-9-7-6-8-17(16)18/h6-9,13-15,19-22,28H,10-12,27H2,1-5H3,(H,29,34)(H,30,32)(H,31,33)(H,35,36). The van der Waals surface area contributed by atoms with Gasteiger partial charge in [-0.25, -0.2) is 4.79 Å². The van der Waals surface area contributed by atoms with E-state index in [0.717, 1.165) is 16.5 Å². The van der Waals surface area contributed by atoms with Crippen LogP contribution in [0.5, 0.6) is 0 Å². The number of amides is 3. The SMILES string of the molecule is CSCCC(NC(=O)C(NC(=O)C(N)C(C)C)C(C)C)C(=O)NC(Cc1c[nH]c2ccccc12)C(=O)O. The maximum absolute atomic E-state index is 13.2. The third-order valence-electron chi connectivity index (χ3n) is 6.23. The van der Waals surface area contributed by atoms with Gasteiger partial charge in [-0.15, -0.1) is 0 Å². The molecule has 37 heavy (non-hydrogen) atoms. The fourth-order valence-electron chi connectivity index (χ4n) is 3.85. The van der Waals surface area contributed by atoms with E-state index < -0.39 is 47.9 Å². The summed E-state index contributed by atoms with van der Waals surface area (Å²) in [6.07, 6.45) is 3.98. The summed E-state index contributed by atoms with van der Waals surface area (Å²) in [5.41, 5.74) is 7.56. The van der Waals surface area contributed by atoms with Crippen molar-refractivity contribution in [1.29, 1.82) is 0 Å². The van der Waals surface area contributed by atoms with E-state index in [0.29, 0.717) is 12.2 Å². The van der Waals surface area contributed by atoms with Crippen molar-refractivity contribution in [2.75, 3.05) is 12.0 Å². The van der Waals surface area contributed by atoms with Crippen molar-refractivity contribution in [3.8, 4) is 0 Å². The smallest absolute Gasteiger partial charge is 0.326 e. The summed E-state index contributed by atoms with van der Waals surface area (Å²) < 4.78 is 0. The molecule has 10 nitrogen and oxygen atoms in total. The summed E-state index contributed by atoms with van der Waals surface area (Å²) in [5, 5.41) is 18.7. The Morgan fingerprint density at radius 1 is 0.946 bits per heavy atom. The van der Waals surface area contributed by atoms with Crippen molar-refractivity contribution >= 4 is 46.4 Å². The lowest BCUT2D eigenvalue weighted by Crippen LogP contribution is -2.59. The molecule has 0 spiro atoms. The summed E-state index contributed by atoms with van der Waals surface area (Å²) in [6.45, 7) is 7.19. The Balaban J connectivity index is 2.16. The number of carbonyl (C=O) groups excluding carboxylic acids is 3. The molecule has 1 aromatic heterocycles. The van der Waals surface area contributed by atoms with E-state index in [4.69, 9.17) is 5.73 Å². The molecule has 1 aromatic carbocycles. The zero-order chi connectivity index (χ0) is 27.7. The van der Waals surface area contributed by atoms with Crippen molar-refractivity contribution in [2.24, 2.45) is 17.6 Å². The molecule has 0 fully saturated rings. The van der Waals surface area contributed by atoms with Gasteiger partial charge >= 0.3 is 5.97 Å². The van der Waals surface area contributed by atoms with Crippen molar-refractivity contribution < 1.29 is 24.3 Å². The van der Waals surface area contributed by atoms with E-state index in [1.54, 1.807) is 20.0 Å². The number of thioether (sulfide) groups is 1. The van der Waals surface area contributed by atoms with Crippen LogP contribution in [0.3, 0.4) is 0 Å². The van der Waals surface area contributed by atoms with Gasteiger partial charge in [-0.1, -0.05) is 45.9 Å². The van der Waals surface area contributed by atoms with Gasteiger partial charge in [-0.2, -0.15) is 11.8 Å². The van der Waals surface area contributed by atoms with Crippen LogP contribution in [-0.4, -0.2) is 70.0 Å². The fourth-order valence-corrected chi connectivity index (χ4v) is 4.32. The minimum atomic E-state index is -1.19. The van der Waals surface area contributed by atoms with Crippen LogP contribution in [0.1, 0.15) is 39.7 Å². The first-order chi connectivity index (χ1) is 17.5. The van der Waals surface area contributed by atoms with Crippen LogP contribution in [-0.2, 0) is 25.6 Å². The summed E-state index contributed by atoms with van der Waals surface area (Å²) in [6, 6.07) is 3.68. The first kappa shape index (κ1) is 30.2. The Labute approximate surface area is 221 Å². The van der Waals surface area contributed by atoms with Gasteiger partial charge in [0.1, 0.15) is 18.1 Å². The number of nitrogens with two attached hydrogens (primary N) is 1. The Hall–Kier alpha value is -3.05. The predicted octanol–water partition coefficient (Wildman–Crippen LogP) is 1.64. The Bertz CT molecular complexity index is 1090. The van der Waals surface area contributed by atoms with Crippen molar-refractivity contribution in [1.82, 2.24) is 20.9 Å². The zero-order valence-corrected chi connectivity index (χ0v) is 22.9. The summed E-state index contributed by atoms with van der Waals surface area (Å²) in [7, 11) is 0. The minimum absolute atomic E-state index is 0.0754. The van der Waals surface area contributed by atoms with E-state index in [1.807, 2.05) is 44.4 Å². The summed E-state index contributed by atoms with van der Waals surface area (Å²) in [5.74, 6) is -2.55. The highest BCUT2D eigenvalue weighted by atomic mass is 32.2. The summed E-state index contributed by atoms with van der Waals surface area (Å²) >= 11 is 1.50. The number of benzene rings is 1. The topological polar surface area (TPSA) is 166 Å². The second-order valence-corrected chi connectivity index (χ2v) is 10.8. The highest BCUT2D eigenvalue weighted by Gasteiger charge is 2.32. The average molecular weight is 534 g/mol. The summed E-state index contributed by atoms with van der Waals surface area (Å²) in [4.78, 5) is 53.9. The molecule has 2 rings (SSSR count). The minimum Gasteiger partial charge on any atom is -0.480 e. The molecule has 0 aliphatic rings. The van der Waals surface area contributed by atoms with E-state index in [-0.39, 0.29) is 18.3 Å². The van der Waals surface area contributed by atoms with Crippen LogP contribution in [0.4, 0.5) is 0 Å². The lowest BCUT2D eigenvalue weighted by Gasteiger charge is -2.27. The van der Waals surface area contributed by atoms with Crippen LogP contribution >= 0.6 is 11.8 Å². The highest BCUT2D eigenvalue weighted by Crippen LogP contribution is 2.19. The lowest BCUT2D eigenvalue weighted by atomic mass is 9.99. The Kier molecular flexibility index (Phi) is 11.4. The quantitative estimate of drug-likeness (QED) is 0.215. The Morgan fingerprint density at radius 2 is 1.59 bits per heavy atom. The predicted molar refractivity (Wildman–Crippen MR) is 146 cm³/mol. The number of hydrogen-bond acceptors (Lipinski definition) is 6. The molecule has 0 aliphatic heterocycles. The normalized spacial score (nSPS) is 14.7. The first-order valence-electron chi connectivity index (χ1n) is 12.4. The van der Waals surface area contributed by atoms with Gasteiger partial charge in [-0.3, -0.25) is 14.4 Å². The number of para-hydroxylation sites is 1. The van der Waals surface area contributed by atoms with Gasteiger partial charge in [0, 0.05) is 23.5 Å². The van der Waals surface area contributed by atoms with Crippen LogP contribution in [0.25, 0.3) is 10.9 Å². The molecular weight excluding hydrogens is 494 g/mol. The molecule has 0 aliphatic carbocycles. The average Bonchev–Trinajstić information content (AvgIpc) is 3.26. The zero-order valence-electron chi connectivity index (χ0n) is 22.0. The number of carboxylic acid groups (broad SMARTS) is 1. The van der Waals surface area contributed by atoms with E-state index >= 15 is 0 Å². The van der Waals surface area contributed by atoms with Crippen LogP contribution in [0, 0.1) is 11.8 Å². The number of aromatic nitrogens is 1. The number of aromatic amines is 1. The highest BCUT2D eigenvalue weighted by molar-refractivity contribution is 7.98. The molecule has 4 unspecified atom stereocenters. The molecule has 11 heteroatoms. The van der Waals surface area contributed by atoms with Crippen molar-refractivity contribution in [2.45, 2.75) is 64.7 Å².